The SMILES string of the molecule is CCOC1N(c2ccccn2)C(=O)C1(Cl)Cl. The van der Waals surface area contributed by atoms with E-state index in [1.54, 1.807) is 24.4 Å². The summed E-state index contributed by atoms with van der Waals surface area (Å²) in [5.41, 5.74) is 0. The molecule has 0 bridgehead atoms. The first-order chi connectivity index (χ1) is 7.59. The maximum absolute atomic E-state index is 11.7. The first-order valence-corrected chi connectivity index (χ1v) is 5.58. The Morgan fingerprint density at radius 1 is 1.56 bits per heavy atom. The van der Waals surface area contributed by atoms with Crippen LogP contribution in [0.15, 0.2) is 24.4 Å². The van der Waals surface area contributed by atoms with Crippen LogP contribution >= 0.6 is 23.2 Å². The Morgan fingerprint density at radius 3 is 2.88 bits per heavy atom. The van der Waals surface area contributed by atoms with Gasteiger partial charge in [0.15, 0.2) is 6.23 Å². The van der Waals surface area contributed by atoms with Crippen LogP contribution in [0.2, 0.25) is 0 Å². The molecule has 0 N–H and O–H groups in total. The van der Waals surface area contributed by atoms with Crippen LogP contribution in [0.3, 0.4) is 0 Å². The molecule has 2 heterocycles. The number of aromatic nitrogens is 1. The number of rotatable bonds is 3. The molecule has 1 fully saturated rings. The standard InChI is InChI=1S/C10H10Cl2N2O2/c1-2-16-9-10(11,12)8(15)14(9)7-5-3-4-6-13-7/h3-6,9H,2H2,1H3. The fourth-order valence-corrected chi connectivity index (χ4v) is 2.03. The number of carbonyl (C=O) groups is 1. The van der Waals surface area contributed by atoms with E-state index >= 15 is 0 Å². The summed E-state index contributed by atoms with van der Waals surface area (Å²) in [6.07, 6.45) is 0.914. The molecule has 2 rings (SSSR count). The summed E-state index contributed by atoms with van der Waals surface area (Å²) in [4.78, 5) is 17.1. The average molecular weight is 261 g/mol. The van der Waals surface area contributed by atoms with E-state index in [0.29, 0.717) is 12.4 Å². The molecule has 1 aliphatic rings. The Kier molecular flexibility index (Phi) is 3.06. The lowest BCUT2D eigenvalue weighted by atomic mass is 10.1. The molecule has 4 nitrogen and oxygen atoms in total. The van der Waals surface area contributed by atoms with E-state index in [1.807, 2.05) is 6.92 Å². The monoisotopic (exact) mass is 260 g/mol. The van der Waals surface area contributed by atoms with Crippen molar-refractivity contribution in [3.05, 3.63) is 24.4 Å². The van der Waals surface area contributed by atoms with Crippen molar-refractivity contribution in [1.29, 1.82) is 0 Å². The summed E-state index contributed by atoms with van der Waals surface area (Å²) in [5, 5.41) is 0. The number of ether oxygens (including phenoxy) is 1. The largest absolute Gasteiger partial charge is 0.354 e. The van der Waals surface area contributed by atoms with Crippen LogP contribution in [0.5, 0.6) is 0 Å². The van der Waals surface area contributed by atoms with Gasteiger partial charge in [-0.25, -0.2) is 4.98 Å². The van der Waals surface area contributed by atoms with Crippen molar-refractivity contribution in [2.45, 2.75) is 17.5 Å². The Morgan fingerprint density at radius 2 is 2.31 bits per heavy atom. The normalized spacial score (nSPS) is 23.1. The smallest absolute Gasteiger partial charge is 0.271 e. The van der Waals surface area contributed by atoms with Crippen LogP contribution in [0.1, 0.15) is 6.92 Å². The Labute approximate surface area is 103 Å². The summed E-state index contributed by atoms with van der Waals surface area (Å²) in [6.45, 7) is 2.23. The van der Waals surface area contributed by atoms with E-state index in [-0.39, 0.29) is 0 Å². The lowest BCUT2D eigenvalue weighted by molar-refractivity contribution is -0.134. The number of hydrogen-bond acceptors (Lipinski definition) is 3. The number of anilines is 1. The molecule has 0 spiro atoms. The van der Waals surface area contributed by atoms with Gasteiger partial charge in [0.1, 0.15) is 5.82 Å². The number of nitrogens with zero attached hydrogens (tertiary/aromatic N) is 2. The van der Waals surface area contributed by atoms with Gasteiger partial charge in [0.05, 0.1) is 0 Å². The van der Waals surface area contributed by atoms with Gasteiger partial charge in [-0.3, -0.25) is 9.69 Å². The quantitative estimate of drug-likeness (QED) is 0.617. The van der Waals surface area contributed by atoms with Crippen molar-refractivity contribution in [3.8, 4) is 0 Å². The molecule has 1 atom stereocenters. The molecule has 1 aromatic heterocycles. The van der Waals surface area contributed by atoms with Gasteiger partial charge in [-0.2, -0.15) is 0 Å². The van der Waals surface area contributed by atoms with Crippen LogP contribution < -0.4 is 4.90 Å². The van der Waals surface area contributed by atoms with Crippen molar-refractivity contribution < 1.29 is 9.53 Å². The molecular weight excluding hydrogens is 251 g/mol. The third-order valence-electron chi connectivity index (χ3n) is 2.27. The van der Waals surface area contributed by atoms with Gasteiger partial charge < -0.3 is 4.74 Å². The fraction of sp³-hybridized carbons (Fsp3) is 0.400. The summed E-state index contributed by atoms with van der Waals surface area (Å²) < 4.78 is 3.83. The van der Waals surface area contributed by atoms with Crippen LogP contribution in [0, 0.1) is 0 Å². The molecular formula is C10H10Cl2N2O2. The van der Waals surface area contributed by atoms with E-state index in [1.165, 1.54) is 4.90 Å². The molecule has 6 heteroatoms. The van der Waals surface area contributed by atoms with Crippen molar-refractivity contribution >= 4 is 34.9 Å². The highest BCUT2D eigenvalue weighted by Gasteiger charge is 2.61. The molecule has 1 aliphatic heterocycles. The Balaban J connectivity index is 2.26. The third-order valence-corrected chi connectivity index (χ3v) is 2.97. The van der Waals surface area contributed by atoms with Crippen LogP contribution in [0.25, 0.3) is 0 Å². The van der Waals surface area contributed by atoms with Crippen molar-refractivity contribution in [3.63, 3.8) is 0 Å². The van der Waals surface area contributed by atoms with E-state index in [4.69, 9.17) is 27.9 Å². The molecule has 0 saturated carbocycles. The predicted octanol–water partition coefficient (Wildman–Crippen LogP) is 1.96. The van der Waals surface area contributed by atoms with E-state index in [2.05, 4.69) is 4.98 Å². The lowest BCUT2D eigenvalue weighted by Gasteiger charge is -2.47. The summed E-state index contributed by atoms with van der Waals surface area (Å²) in [7, 11) is 0. The van der Waals surface area contributed by atoms with Gasteiger partial charge in [0.25, 0.3) is 5.91 Å². The second-order valence-electron chi connectivity index (χ2n) is 3.29. The van der Waals surface area contributed by atoms with E-state index in [0.717, 1.165) is 0 Å². The van der Waals surface area contributed by atoms with Crippen LogP contribution in [-0.2, 0) is 9.53 Å². The second kappa shape index (κ2) is 4.20. The van der Waals surface area contributed by atoms with E-state index < -0.39 is 16.5 Å². The molecule has 86 valence electrons. The maximum atomic E-state index is 11.7. The highest BCUT2D eigenvalue weighted by Crippen LogP contribution is 2.43. The zero-order valence-electron chi connectivity index (χ0n) is 8.56. The number of alkyl halides is 2. The van der Waals surface area contributed by atoms with Gasteiger partial charge in [-0.15, -0.1) is 0 Å². The number of hydrogen-bond donors (Lipinski definition) is 0. The molecule has 1 saturated heterocycles. The highest BCUT2D eigenvalue weighted by molar-refractivity contribution is 6.62. The number of β-lactam (4-membered cyclic amide) rings is 1. The molecule has 1 aromatic rings. The second-order valence-corrected chi connectivity index (χ2v) is 4.68. The number of pyridine rings is 1. The van der Waals surface area contributed by atoms with Gasteiger partial charge in [0, 0.05) is 12.8 Å². The minimum Gasteiger partial charge on any atom is -0.354 e. The van der Waals surface area contributed by atoms with Gasteiger partial charge >= 0.3 is 0 Å². The highest BCUT2D eigenvalue weighted by atomic mass is 35.5. The Bertz CT molecular complexity index is 397. The molecule has 1 amide bonds. The van der Waals surface area contributed by atoms with Crippen LogP contribution in [0.4, 0.5) is 5.82 Å². The Hall–Kier alpha value is -0.840. The molecule has 1 unspecified atom stereocenters. The third kappa shape index (κ3) is 1.67. The topological polar surface area (TPSA) is 42.4 Å². The number of amides is 1. The zero-order valence-corrected chi connectivity index (χ0v) is 10.1. The summed E-state index contributed by atoms with van der Waals surface area (Å²) >= 11 is 11.7. The summed E-state index contributed by atoms with van der Waals surface area (Å²) in [5.74, 6) is 0.0795. The molecule has 0 aliphatic carbocycles. The van der Waals surface area contributed by atoms with Crippen molar-refractivity contribution in [2.75, 3.05) is 11.5 Å². The van der Waals surface area contributed by atoms with Gasteiger partial charge in [-0.1, -0.05) is 29.3 Å². The minimum atomic E-state index is -1.51. The summed E-state index contributed by atoms with van der Waals surface area (Å²) in [6, 6.07) is 5.24. The first-order valence-electron chi connectivity index (χ1n) is 4.83. The number of halogens is 2. The van der Waals surface area contributed by atoms with Gasteiger partial charge in [0.2, 0.25) is 4.33 Å². The zero-order chi connectivity index (χ0) is 11.8. The van der Waals surface area contributed by atoms with Gasteiger partial charge in [-0.05, 0) is 19.1 Å². The predicted molar refractivity (Wildman–Crippen MR) is 61.6 cm³/mol. The first kappa shape index (κ1) is 11.6. The average Bonchev–Trinajstić information content (AvgIpc) is 2.30. The molecule has 16 heavy (non-hydrogen) atoms. The van der Waals surface area contributed by atoms with Crippen molar-refractivity contribution in [1.82, 2.24) is 4.98 Å². The van der Waals surface area contributed by atoms with Crippen LogP contribution in [-0.4, -0.2) is 28.1 Å². The lowest BCUT2D eigenvalue weighted by Crippen LogP contribution is -2.70. The van der Waals surface area contributed by atoms with Crippen molar-refractivity contribution in [2.24, 2.45) is 0 Å². The fourth-order valence-electron chi connectivity index (χ4n) is 1.53. The maximum Gasteiger partial charge on any atom is 0.271 e. The molecule has 0 aromatic carbocycles. The number of carbonyl (C=O) groups excluding carboxylic acids is 1. The minimum absolute atomic E-state index is 0.409. The van der Waals surface area contributed by atoms with E-state index in [9.17, 15) is 4.79 Å². The molecule has 0 radical (unpaired) electrons.